The zero-order valence-electron chi connectivity index (χ0n) is 14.1. The SMILES string of the molecule is CN/C([S-])=N/N=C(C)/C(=N/N=C(\[S-])NC)c1ccc(C(C)=O)cc1.[Cu+2]. The van der Waals surface area contributed by atoms with Gasteiger partial charge in [-0.25, -0.2) is 0 Å². The van der Waals surface area contributed by atoms with Crippen molar-refractivity contribution in [3.63, 3.8) is 0 Å². The molecule has 0 aromatic heterocycles. The Kier molecular flexibility index (Phi) is 10.8. The summed E-state index contributed by atoms with van der Waals surface area (Å²) >= 11 is 9.90. The summed E-state index contributed by atoms with van der Waals surface area (Å²) in [5.74, 6) is -0.0131. The second-order valence-corrected chi connectivity index (χ2v) is 5.35. The van der Waals surface area contributed by atoms with Gasteiger partial charge < -0.3 is 35.9 Å². The van der Waals surface area contributed by atoms with Crippen LogP contribution in [0.5, 0.6) is 0 Å². The van der Waals surface area contributed by atoms with Crippen LogP contribution in [-0.4, -0.2) is 41.6 Å². The third-order valence-corrected chi connectivity index (χ3v) is 3.44. The number of benzene rings is 1. The minimum absolute atomic E-state index is 0. The van der Waals surface area contributed by atoms with Gasteiger partial charge in [0.25, 0.3) is 0 Å². The quantitative estimate of drug-likeness (QED) is 0.185. The van der Waals surface area contributed by atoms with Gasteiger partial charge in [0, 0.05) is 25.2 Å². The number of hydrogen-bond donors (Lipinski definition) is 2. The van der Waals surface area contributed by atoms with Crippen LogP contribution < -0.4 is 10.6 Å². The maximum atomic E-state index is 11.4. The third-order valence-electron chi connectivity index (χ3n) is 2.87. The molecule has 0 saturated carbocycles. The fourth-order valence-corrected chi connectivity index (χ4v) is 1.65. The van der Waals surface area contributed by atoms with Crippen LogP contribution in [0.3, 0.4) is 0 Å². The van der Waals surface area contributed by atoms with Crippen LogP contribution in [0.1, 0.15) is 29.8 Å². The smallest absolute Gasteiger partial charge is 0.741 e. The molecule has 7 nitrogen and oxygen atoms in total. The van der Waals surface area contributed by atoms with Crippen molar-refractivity contribution >= 4 is 52.8 Å². The molecule has 0 aliphatic carbocycles. The van der Waals surface area contributed by atoms with E-state index in [0.29, 0.717) is 17.0 Å². The van der Waals surface area contributed by atoms with Gasteiger partial charge in [-0.3, -0.25) is 4.79 Å². The summed E-state index contributed by atoms with van der Waals surface area (Å²) in [7, 11) is 3.32. The van der Waals surface area contributed by atoms with E-state index < -0.39 is 0 Å². The molecule has 0 unspecified atom stereocenters. The van der Waals surface area contributed by atoms with E-state index in [-0.39, 0.29) is 33.2 Å². The maximum Gasteiger partial charge on any atom is 2.00 e. The van der Waals surface area contributed by atoms with Crippen molar-refractivity contribution in [3.05, 3.63) is 35.4 Å². The first kappa shape index (κ1) is 23.1. The number of nitrogens with zero attached hydrogens (tertiary/aromatic N) is 4. The van der Waals surface area contributed by atoms with Crippen LogP contribution in [0.4, 0.5) is 0 Å². The Morgan fingerprint density at radius 1 is 0.840 bits per heavy atom. The molecule has 1 radical (unpaired) electrons. The van der Waals surface area contributed by atoms with Gasteiger partial charge >= 0.3 is 17.1 Å². The van der Waals surface area contributed by atoms with Crippen LogP contribution in [-0.2, 0) is 42.3 Å². The molecule has 0 spiro atoms. The summed E-state index contributed by atoms with van der Waals surface area (Å²) < 4.78 is 0. The summed E-state index contributed by atoms with van der Waals surface area (Å²) in [6, 6.07) is 6.96. The zero-order valence-corrected chi connectivity index (χ0v) is 16.7. The van der Waals surface area contributed by atoms with Gasteiger partial charge in [0.1, 0.15) is 5.71 Å². The van der Waals surface area contributed by atoms with Gasteiger partial charge in [0.15, 0.2) is 5.78 Å². The molecule has 1 aromatic carbocycles. The number of amidine groups is 2. The summed E-state index contributed by atoms with van der Waals surface area (Å²) in [6.45, 7) is 3.24. The Bertz CT molecular complexity index is 713. The van der Waals surface area contributed by atoms with Gasteiger partial charge in [0.05, 0.1) is 5.71 Å². The van der Waals surface area contributed by atoms with E-state index in [2.05, 4.69) is 31.0 Å². The molecular formula is C15H18CuN6OS2. The van der Waals surface area contributed by atoms with Crippen molar-refractivity contribution in [2.24, 2.45) is 20.4 Å². The van der Waals surface area contributed by atoms with E-state index in [1.165, 1.54) is 6.92 Å². The molecule has 0 saturated heterocycles. The van der Waals surface area contributed by atoms with E-state index >= 15 is 0 Å². The molecule has 0 aliphatic rings. The molecule has 2 N–H and O–H groups in total. The predicted octanol–water partition coefficient (Wildman–Crippen LogP) is 1.21. The van der Waals surface area contributed by atoms with Crippen molar-refractivity contribution in [1.29, 1.82) is 0 Å². The summed E-state index contributed by atoms with van der Waals surface area (Å²) in [6.07, 6.45) is 0. The number of Topliss-reactive ketones (excluding diaryl/α,β-unsaturated/α-hetero) is 1. The standard InChI is InChI=1S/C15H20N6OS2.Cu/c1-9(18-20-14(23)16-3)13(19-21-15(24)17-4)12-7-5-11(6-8-12)10(2)22;/h5-8H,1-4H3,(H2,16,20,23)(H2,17,21,24);/q;+2/p-2/b18-9+,19-13-;. The molecule has 0 aliphatic heterocycles. The third kappa shape index (κ3) is 7.70. The van der Waals surface area contributed by atoms with Crippen molar-refractivity contribution in [1.82, 2.24) is 10.6 Å². The van der Waals surface area contributed by atoms with E-state index in [1.807, 2.05) is 0 Å². The summed E-state index contributed by atoms with van der Waals surface area (Å²) in [4.78, 5) is 11.4. The van der Waals surface area contributed by atoms with Crippen LogP contribution in [0.25, 0.3) is 0 Å². The predicted molar refractivity (Wildman–Crippen MR) is 104 cm³/mol. The first-order valence-electron chi connectivity index (χ1n) is 6.98. The number of hydrogen-bond acceptors (Lipinski definition) is 7. The average Bonchev–Trinajstić information content (AvgIpc) is 2.59. The van der Waals surface area contributed by atoms with E-state index in [1.54, 1.807) is 45.3 Å². The molecule has 1 rings (SSSR count). The van der Waals surface area contributed by atoms with Gasteiger partial charge in [-0.2, -0.15) is 15.3 Å². The second-order valence-electron chi connectivity index (χ2n) is 4.58. The van der Waals surface area contributed by atoms with Crippen molar-refractivity contribution in [2.45, 2.75) is 13.8 Å². The Hall–Kier alpha value is -1.87. The van der Waals surface area contributed by atoms with Gasteiger partial charge in [-0.1, -0.05) is 24.3 Å². The summed E-state index contributed by atoms with van der Waals surface area (Å²) in [5.41, 5.74) is 2.32. The molecule has 10 heteroatoms. The molecule has 1 aromatic rings. The van der Waals surface area contributed by atoms with Crippen molar-refractivity contribution < 1.29 is 21.9 Å². The van der Waals surface area contributed by atoms with E-state index in [9.17, 15) is 4.79 Å². The first-order valence-corrected chi connectivity index (χ1v) is 7.79. The van der Waals surface area contributed by atoms with Gasteiger partial charge in [-0.05, 0) is 24.2 Å². The van der Waals surface area contributed by atoms with E-state index in [4.69, 9.17) is 25.3 Å². The monoisotopic (exact) mass is 425 g/mol. The normalized spacial score (nSPS) is 13.1. The zero-order chi connectivity index (χ0) is 18.1. The molecule has 0 fully saturated rings. The Morgan fingerprint density at radius 3 is 1.72 bits per heavy atom. The minimum atomic E-state index is -0.0131. The fraction of sp³-hybridized carbons (Fsp3) is 0.267. The molecule has 0 atom stereocenters. The molecule has 0 bridgehead atoms. The second kappa shape index (κ2) is 11.6. The topological polar surface area (TPSA) is 90.6 Å². The number of ketones is 1. The van der Waals surface area contributed by atoms with Crippen LogP contribution >= 0.6 is 0 Å². The maximum absolute atomic E-state index is 11.4. The Morgan fingerprint density at radius 2 is 1.28 bits per heavy atom. The molecule has 25 heavy (non-hydrogen) atoms. The van der Waals surface area contributed by atoms with Crippen LogP contribution in [0, 0.1) is 0 Å². The Balaban J connectivity index is 0.00000576. The molecule has 137 valence electrons. The van der Waals surface area contributed by atoms with Gasteiger partial charge in [0.2, 0.25) is 0 Å². The first-order chi connectivity index (χ1) is 11.4. The molecular weight excluding hydrogens is 408 g/mol. The fourth-order valence-electron chi connectivity index (χ4n) is 1.56. The van der Waals surface area contributed by atoms with Crippen LogP contribution in [0.2, 0.25) is 0 Å². The number of nitrogens with one attached hydrogen (secondary N) is 2. The molecule has 0 amide bonds. The van der Waals surface area contributed by atoms with Gasteiger partial charge in [-0.15, -0.1) is 5.10 Å². The average molecular weight is 426 g/mol. The number of carbonyl (C=O) groups excluding carboxylic acids is 1. The molecule has 0 heterocycles. The number of carbonyl (C=O) groups is 1. The Labute approximate surface area is 168 Å². The minimum Gasteiger partial charge on any atom is -0.741 e. The van der Waals surface area contributed by atoms with E-state index in [0.717, 1.165) is 5.56 Å². The summed E-state index contributed by atoms with van der Waals surface area (Å²) in [5, 5.41) is 21.9. The largest absolute Gasteiger partial charge is 2.00 e. The van der Waals surface area contributed by atoms with Crippen molar-refractivity contribution in [3.8, 4) is 0 Å². The number of rotatable bonds is 5. The van der Waals surface area contributed by atoms with Crippen LogP contribution in [0.15, 0.2) is 44.7 Å². The van der Waals surface area contributed by atoms with Crippen molar-refractivity contribution in [2.75, 3.05) is 14.1 Å².